The average Bonchev–Trinajstić information content (AvgIpc) is 3.23. The summed E-state index contributed by atoms with van der Waals surface area (Å²) in [5.74, 6) is 0.913. The molecule has 5 nitrogen and oxygen atoms in total. The van der Waals surface area contributed by atoms with Crippen molar-refractivity contribution in [2.24, 2.45) is 0 Å². The fraction of sp³-hybridized carbons (Fsp3) is 0.261. The lowest BCUT2D eigenvalue weighted by Crippen LogP contribution is -2.48. The Morgan fingerprint density at radius 3 is 2.47 bits per heavy atom. The Bertz CT molecular complexity index is 1030. The van der Waals surface area contributed by atoms with E-state index >= 15 is 0 Å². The Balaban J connectivity index is 1.31. The number of hydrogen-bond donors (Lipinski definition) is 0. The third-order valence-corrected chi connectivity index (χ3v) is 6.67. The van der Waals surface area contributed by atoms with Crippen LogP contribution in [-0.2, 0) is 23.1 Å². The molecule has 1 atom stereocenters. The molecule has 1 saturated heterocycles. The second-order valence-corrected chi connectivity index (χ2v) is 9.15. The van der Waals surface area contributed by atoms with Gasteiger partial charge in [-0.25, -0.2) is 0 Å². The zero-order chi connectivity index (χ0) is 20.9. The first kappa shape index (κ1) is 20.8. The van der Waals surface area contributed by atoms with E-state index in [0.29, 0.717) is 34.5 Å². The van der Waals surface area contributed by atoms with Gasteiger partial charge in [0.25, 0.3) is 5.91 Å². The number of hydrogen-bond acceptors (Lipinski definition) is 4. The molecular formula is C23H23ClN2O3S. The SMILES string of the molecule is O=C(c1ccc(C[S@@](=O)c2cccc(Cl)c2)o1)N1CCN(Cc2ccccc2)CC1. The summed E-state index contributed by atoms with van der Waals surface area (Å²) in [6.07, 6.45) is 0. The largest absolute Gasteiger partial charge is 0.455 e. The number of piperazine rings is 1. The first-order valence-corrected chi connectivity index (χ1v) is 11.6. The standard InChI is InChI=1S/C23H23ClN2O3S/c24-19-7-4-8-21(15-19)30(28)17-20-9-10-22(29-20)23(27)26-13-11-25(12-14-26)16-18-5-2-1-3-6-18/h1-10,15H,11-14,16-17H2/t30-/m1/s1. The lowest BCUT2D eigenvalue weighted by molar-refractivity contribution is 0.0596. The predicted octanol–water partition coefficient (Wildman–Crippen LogP) is 4.20. The van der Waals surface area contributed by atoms with Crippen molar-refractivity contribution in [2.45, 2.75) is 17.2 Å². The maximum atomic E-state index is 12.8. The van der Waals surface area contributed by atoms with Crippen LogP contribution in [0.1, 0.15) is 21.9 Å². The molecule has 0 aliphatic carbocycles. The van der Waals surface area contributed by atoms with E-state index in [9.17, 15) is 9.00 Å². The molecular weight excluding hydrogens is 420 g/mol. The topological polar surface area (TPSA) is 53.8 Å². The molecule has 0 unspecified atom stereocenters. The summed E-state index contributed by atoms with van der Waals surface area (Å²) in [4.78, 5) is 17.6. The van der Waals surface area contributed by atoms with E-state index in [4.69, 9.17) is 16.0 Å². The van der Waals surface area contributed by atoms with Gasteiger partial charge in [0, 0.05) is 42.6 Å². The third-order valence-electron chi connectivity index (χ3n) is 5.11. The first-order valence-electron chi connectivity index (χ1n) is 9.87. The molecule has 2 heterocycles. The highest BCUT2D eigenvalue weighted by Gasteiger charge is 2.24. The maximum Gasteiger partial charge on any atom is 0.289 e. The Morgan fingerprint density at radius 1 is 0.967 bits per heavy atom. The van der Waals surface area contributed by atoms with Crippen LogP contribution >= 0.6 is 11.6 Å². The average molecular weight is 443 g/mol. The van der Waals surface area contributed by atoms with E-state index < -0.39 is 10.8 Å². The van der Waals surface area contributed by atoms with Gasteiger partial charge in [0.05, 0.1) is 16.6 Å². The fourth-order valence-corrected chi connectivity index (χ4v) is 4.82. The van der Waals surface area contributed by atoms with Crippen LogP contribution in [0.2, 0.25) is 5.02 Å². The Labute approximate surface area is 183 Å². The first-order chi connectivity index (χ1) is 14.6. The number of benzene rings is 2. The highest BCUT2D eigenvalue weighted by molar-refractivity contribution is 7.84. The maximum absolute atomic E-state index is 12.8. The summed E-state index contributed by atoms with van der Waals surface area (Å²) in [7, 11) is -1.28. The second kappa shape index (κ2) is 9.60. The molecule has 0 N–H and O–H groups in total. The van der Waals surface area contributed by atoms with Crippen molar-refractivity contribution in [3.05, 3.63) is 88.8 Å². The van der Waals surface area contributed by atoms with Gasteiger partial charge in [0.15, 0.2) is 5.76 Å². The monoisotopic (exact) mass is 442 g/mol. The Kier molecular flexibility index (Phi) is 6.67. The van der Waals surface area contributed by atoms with Gasteiger partial charge >= 0.3 is 0 Å². The summed E-state index contributed by atoms with van der Waals surface area (Å²) in [5, 5.41) is 0.544. The van der Waals surface area contributed by atoms with Gasteiger partial charge in [-0.1, -0.05) is 48.0 Å². The lowest BCUT2D eigenvalue weighted by Gasteiger charge is -2.34. The summed E-state index contributed by atoms with van der Waals surface area (Å²) in [6, 6.07) is 20.7. The quantitative estimate of drug-likeness (QED) is 0.574. The van der Waals surface area contributed by atoms with Gasteiger partial charge in [0.2, 0.25) is 0 Å². The number of amides is 1. The van der Waals surface area contributed by atoms with E-state index in [1.54, 1.807) is 36.4 Å². The van der Waals surface area contributed by atoms with Crippen molar-refractivity contribution in [1.82, 2.24) is 9.80 Å². The molecule has 0 saturated carbocycles. The minimum atomic E-state index is -1.28. The van der Waals surface area contributed by atoms with Crippen LogP contribution in [0.15, 0.2) is 76.0 Å². The van der Waals surface area contributed by atoms with Crippen LogP contribution < -0.4 is 0 Å². The molecule has 1 aliphatic heterocycles. The van der Waals surface area contributed by atoms with E-state index in [-0.39, 0.29) is 11.7 Å². The highest BCUT2D eigenvalue weighted by atomic mass is 35.5. The minimum absolute atomic E-state index is 0.117. The number of carbonyl (C=O) groups excluding carboxylic acids is 1. The zero-order valence-corrected chi connectivity index (χ0v) is 18.1. The molecule has 1 aromatic heterocycles. The molecule has 7 heteroatoms. The fourth-order valence-electron chi connectivity index (χ4n) is 3.50. The van der Waals surface area contributed by atoms with Crippen molar-refractivity contribution in [1.29, 1.82) is 0 Å². The predicted molar refractivity (Wildman–Crippen MR) is 118 cm³/mol. The van der Waals surface area contributed by atoms with Gasteiger partial charge in [-0.2, -0.15) is 0 Å². The van der Waals surface area contributed by atoms with Gasteiger partial charge in [-0.05, 0) is 35.9 Å². The number of furan rings is 1. The van der Waals surface area contributed by atoms with Crippen molar-refractivity contribution < 1.29 is 13.4 Å². The van der Waals surface area contributed by atoms with Gasteiger partial charge in [0.1, 0.15) is 5.76 Å². The normalized spacial score (nSPS) is 15.8. The van der Waals surface area contributed by atoms with Crippen LogP contribution in [0.25, 0.3) is 0 Å². The summed E-state index contributed by atoms with van der Waals surface area (Å²) >= 11 is 5.97. The van der Waals surface area contributed by atoms with Gasteiger partial charge in [-0.3, -0.25) is 13.9 Å². The summed E-state index contributed by atoms with van der Waals surface area (Å²) in [6.45, 7) is 3.87. The summed E-state index contributed by atoms with van der Waals surface area (Å²) < 4.78 is 18.2. The van der Waals surface area contributed by atoms with Gasteiger partial charge < -0.3 is 9.32 Å². The van der Waals surface area contributed by atoms with E-state index in [1.165, 1.54) is 5.56 Å². The molecule has 2 aromatic carbocycles. The number of carbonyl (C=O) groups is 1. The third kappa shape index (κ3) is 5.19. The van der Waals surface area contributed by atoms with Crippen LogP contribution in [0.3, 0.4) is 0 Å². The van der Waals surface area contributed by atoms with Crippen LogP contribution in [-0.4, -0.2) is 46.1 Å². The molecule has 3 aromatic rings. The number of nitrogens with zero attached hydrogens (tertiary/aromatic N) is 2. The van der Waals surface area contributed by atoms with Crippen molar-refractivity contribution in [2.75, 3.05) is 26.2 Å². The van der Waals surface area contributed by atoms with Crippen LogP contribution in [0, 0.1) is 0 Å². The number of halogens is 1. The molecule has 30 heavy (non-hydrogen) atoms. The van der Waals surface area contributed by atoms with Crippen molar-refractivity contribution in [3.63, 3.8) is 0 Å². The van der Waals surface area contributed by atoms with E-state index in [1.807, 2.05) is 23.1 Å². The van der Waals surface area contributed by atoms with E-state index in [2.05, 4.69) is 17.0 Å². The van der Waals surface area contributed by atoms with Crippen LogP contribution in [0.5, 0.6) is 0 Å². The molecule has 4 rings (SSSR count). The molecule has 1 fully saturated rings. The molecule has 1 aliphatic rings. The molecule has 1 amide bonds. The Hall–Kier alpha value is -2.41. The molecule has 0 bridgehead atoms. The molecule has 0 spiro atoms. The minimum Gasteiger partial charge on any atom is -0.455 e. The van der Waals surface area contributed by atoms with Crippen LogP contribution in [0.4, 0.5) is 0 Å². The highest BCUT2D eigenvalue weighted by Crippen LogP contribution is 2.19. The zero-order valence-electron chi connectivity index (χ0n) is 16.5. The second-order valence-electron chi connectivity index (χ2n) is 7.27. The van der Waals surface area contributed by atoms with Crippen molar-refractivity contribution in [3.8, 4) is 0 Å². The lowest BCUT2D eigenvalue weighted by atomic mass is 10.2. The number of rotatable bonds is 6. The molecule has 156 valence electrons. The summed E-state index contributed by atoms with van der Waals surface area (Å²) in [5.41, 5.74) is 1.28. The Morgan fingerprint density at radius 2 is 1.73 bits per heavy atom. The van der Waals surface area contributed by atoms with Crippen molar-refractivity contribution >= 4 is 28.3 Å². The van der Waals surface area contributed by atoms with Gasteiger partial charge in [-0.15, -0.1) is 0 Å². The molecule has 0 radical (unpaired) electrons. The smallest absolute Gasteiger partial charge is 0.289 e. The van der Waals surface area contributed by atoms with E-state index in [0.717, 1.165) is 19.6 Å².